The first-order valence-electron chi connectivity index (χ1n) is 7.81. The molecule has 1 aromatic carbocycles. The number of aryl methyl sites for hydroxylation is 2. The summed E-state index contributed by atoms with van der Waals surface area (Å²) in [6, 6.07) is 6.56. The van der Waals surface area contributed by atoms with E-state index in [1.54, 1.807) is 0 Å². The van der Waals surface area contributed by atoms with Gasteiger partial charge in [0.1, 0.15) is 5.82 Å². The molecular weight excluding hydrogens is 274 g/mol. The molecule has 1 heterocycles. The van der Waals surface area contributed by atoms with Crippen LogP contribution in [0.15, 0.2) is 18.2 Å². The molecule has 0 unspecified atom stereocenters. The van der Waals surface area contributed by atoms with Gasteiger partial charge < -0.3 is 14.4 Å². The van der Waals surface area contributed by atoms with Gasteiger partial charge in [-0.25, -0.2) is 0 Å². The Morgan fingerprint density at radius 1 is 1.09 bits per heavy atom. The minimum atomic E-state index is 0.761. The summed E-state index contributed by atoms with van der Waals surface area (Å²) >= 11 is 0. The van der Waals surface area contributed by atoms with E-state index in [1.807, 2.05) is 6.92 Å². The van der Waals surface area contributed by atoms with E-state index in [0.29, 0.717) is 0 Å². The summed E-state index contributed by atoms with van der Waals surface area (Å²) in [6.45, 7) is 8.06. The van der Waals surface area contributed by atoms with E-state index >= 15 is 0 Å². The molecule has 0 N–H and O–H groups in total. The maximum atomic E-state index is 4.34. The first-order chi connectivity index (χ1) is 10.4. The fraction of sp³-hybridized carbons (Fsp3) is 0.529. The summed E-state index contributed by atoms with van der Waals surface area (Å²) in [5.74, 6) is 2.01. The highest BCUT2D eigenvalue weighted by atomic mass is 15.3. The van der Waals surface area contributed by atoms with Crippen molar-refractivity contribution >= 4 is 11.4 Å². The minimum Gasteiger partial charge on any atom is -0.377 e. The average Bonchev–Trinajstić information content (AvgIpc) is 2.80. The van der Waals surface area contributed by atoms with E-state index < -0.39 is 0 Å². The van der Waals surface area contributed by atoms with E-state index in [-0.39, 0.29) is 0 Å². The van der Waals surface area contributed by atoms with Crippen LogP contribution >= 0.6 is 0 Å². The third-order valence-corrected chi connectivity index (χ3v) is 3.95. The van der Waals surface area contributed by atoms with Crippen molar-refractivity contribution in [3.63, 3.8) is 0 Å². The Morgan fingerprint density at radius 2 is 1.82 bits per heavy atom. The van der Waals surface area contributed by atoms with Gasteiger partial charge >= 0.3 is 0 Å². The molecule has 0 amide bonds. The highest BCUT2D eigenvalue weighted by Gasteiger charge is 2.12. The van der Waals surface area contributed by atoms with Crippen molar-refractivity contribution in [2.45, 2.75) is 40.3 Å². The normalized spacial score (nSPS) is 10.8. The molecule has 0 aliphatic rings. The molecule has 0 fully saturated rings. The van der Waals surface area contributed by atoms with Crippen LogP contribution < -0.4 is 9.80 Å². The summed E-state index contributed by atoms with van der Waals surface area (Å²) in [5, 5.41) is 8.56. The van der Waals surface area contributed by atoms with Crippen LogP contribution in [0.3, 0.4) is 0 Å². The molecule has 5 heteroatoms. The largest absolute Gasteiger partial charge is 0.377 e. The van der Waals surface area contributed by atoms with Crippen LogP contribution in [0.4, 0.5) is 11.4 Å². The molecule has 1 aromatic heterocycles. The van der Waals surface area contributed by atoms with Gasteiger partial charge in [-0.15, -0.1) is 10.2 Å². The molecule has 0 saturated carbocycles. The molecule has 0 bridgehead atoms. The summed E-state index contributed by atoms with van der Waals surface area (Å²) in [7, 11) is 6.26. The third-order valence-electron chi connectivity index (χ3n) is 3.95. The number of nitrogens with zero attached hydrogens (tertiary/aromatic N) is 5. The molecule has 0 atom stereocenters. The molecule has 120 valence electrons. The molecule has 0 saturated heterocycles. The lowest BCUT2D eigenvalue weighted by molar-refractivity contribution is 0.617. The van der Waals surface area contributed by atoms with Crippen LogP contribution in [-0.2, 0) is 13.1 Å². The lowest BCUT2D eigenvalue weighted by Gasteiger charge is -2.23. The molecule has 0 aliphatic carbocycles. The van der Waals surface area contributed by atoms with Crippen molar-refractivity contribution < 1.29 is 0 Å². The first kappa shape index (κ1) is 16.3. The van der Waals surface area contributed by atoms with Crippen molar-refractivity contribution in [3.8, 4) is 0 Å². The topological polar surface area (TPSA) is 37.2 Å². The SMILES string of the molecule is CCCn1c(C)nnc1CN(C)c1ccc(C)c(N(C)C)c1. The first-order valence-corrected chi connectivity index (χ1v) is 7.81. The fourth-order valence-corrected chi connectivity index (χ4v) is 2.68. The summed E-state index contributed by atoms with van der Waals surface area (Å²) in [5.41, 5.74) is 3.72. The van der Waals surface area contributed by atoms with Gasteiger partial charge in [-0.3, -0.25) is 0 Å². The maximum absolute atomic E-state index is 4.34. The van der Waals surface area contributed by atoms with E-state index in [9.17, 15) is 0 Å². The van der Waals surface area contributed by atoms with Crippen molar-refractivity contribution in [1.29, 1.82) is 0 Å². The molecule has 5 nitrogen and oxygen atoms in total. The van der Waals surface area contributed by atoms with Gasteiger partial charge in [-0.05, 0) is 38.0 Å². The highest BCUT2D eigenvalue weighted by molar-refractivity contribution is 5.62. The molecule has 0 radical (unpaired) electrons. The van der Waals surface area contributed by atoms with Gasteiger partial charge in [-0.1, -0.05) is 13.0 Å². The van der Waals surface area contributed by atoms with E-state index in [4.69, 9.17) is 0 Å². The second-order valence-corrected chi connectivity index (χ2v) is 6.04. The predicted molar refractivity (Wildman–Crippen MR) is 92.7 cm³/mol. The zero-order valence-corrected chi connectivity index (χ0v) is 14.6. The Balaban J connectivity index is 2.22. The van der Waals surface area contributed by atoms with Gasteiger partial charge in [0.2, 0.25) is 0 Å². The second-order valence-electron chi connectivity index (χ2n) is 6.04. The summed E-state index contributed by atoms with van der Waals surface area (Å²) in [4.78, 5) is 4.37. The molecule has 2 aromatic rings. The molecule has 22 heavy (non-hydrogen) atoms. The summed E-state index contributed by atoms with van der Waals surface area (Å²) < 4.78 is 2.21. The van der Waals surface area contributed by atoms with E-state index in [0.717, 1.165) is 31.2 Å². The Kier molecular flexibility index (Phi) is 5.06. The van der Waals surface area contributed by atoms with Crippen molar-refractivity contribution in [2.75, 3.05) is 30.9 Å². The number of benzene rings is 1. The monoisotopic (exact) mass is 301 g/mol. The number of anilines is 2. The minimum absolute atomic E-state index is 0.761. The Hall–Kier alpha value is -2.04. The van der Waals surface area contributed by atoms with Crippen LogP contribution in [0.1, 0.15) is 30.6 Å². The number of hydrogen-bond acceptors (Lipinski definition) is 4. The standard InChI is InChI=1S/C17H27N5/c1-7-10-22-14(3)18-19-17(22)12-21(6)15-9-8-13(2)16(11-15)20(4)5/h8-9,11H,7,10,12H2,1-6H3. The van der Waals surface area contributed by atoms with Gasteiger partial charge in [0.15, 0.2) is 5.82 Å². The highest BCUT2D eigenvalue weighted by Crippen LogP contribution is 2.25. The fourth-order valence-electron chi connectivity index (χ4n) is 2.68. The predicted octanol–water partition coefficient (Wildman–Crippen LogP) is 3.01. The molecule has 2 rings (SSSR count). The third kappa shape index (κ3) is 3.40. The van der Waals surface area contributed by atoms with Crippen LogP contribution in [0, 0.1) is 13.8 Å². The van der Waals surface area contributed by atoms with Crippen molar-refractivity contribution in [1.82, 2.24) is 14.8 Å². The lowest BCUT2D eigenvalue weighted by atomic mass is 10.1. The van der Waals surface area contributed by atoms with Crippen molar-refractivity contribution in [2.24, 2.45) is 0 Å². The van der Waals surface area contributed by atoms with E-state index in [1.165, 1.54) is 16.9 Å². The lowest BCUT2D eigenvalue weighted by Crippen LogP contribution is -2.21. The second kappa shape index (κ2) is 6.81. The Bertz CT molecular complexity index is 630. The van der Waals surface area contributed by atoms with Crippen LogP contribution in [-0.4, -0.2) is 35.9 Å². The smallest absolute Gasteiger partial charge is 0.152 e. The molecule has 0 aliphatic heterocycles. The van der Waals surface area contributed by atoms with Gasteiger partial charge in [0.05, 0.1) is 6.54 Å². The zero-order valence-electron chi connectivity index (χ0n) is 14.6. The van der Waals surface area contributed by atoms with Gasteiger partial charge in [0, 0.05) is 39.1 Å². The Labute approximate surface area is 133 Å². The van der Waals surface area contributed by atoms with Crippen LogP contribution in [0.25, 0.3) is 0 Å². The number of aromatic nitrogens is 3. The van der Waals surface area contributed by atoms with Gasteiger partial charge in [0.25, 0.3) is 0 Å². The van der Waals surface area contributed by atoms with Crippen LogP contribution in [0.5, 0.6) is 0 Å². The summed E-state index contributed by atoms with van der Waals surface area (Å²) in [6.07, 6.45) is 1.09. The molecule has 0 spiro atoms. The zero-order chi connectivity index (χ0) is 16.3. The molecular formula is C17H27N5. The Morgan fingerprint density at radius 3 is 2.45 bits per heavy atom. The van der Waals surface area contributed by atoms with Crippen molar-refractivity contribution in [3.05, 3.63) is 35.4 Å². The number of rotatable bonds is 6. The van der Waals surface area contributed by atoms with Crippen LogP contribution in [0.2, 0.25) is 0 Å². The van der Waals surface area contributed by atoms with E-state index in [2.05, 4.69) is 77.8 Å². The van der Waals surface area contributed by atoms with Gasteiger partial charge in [-0.2, -0.15) is 0 Å². The maximum Gasteiger partial charge on any atom is 0.152 e. The average molecular weight is 301 g/mol. The number of hydrogen-bond donors (Lipinski definition) is 0. The quantitative estimate of drug-likeness (QED) is 0.822.